The third-order valence-corrected chi connectivity index (χ3v) is 20.5. The average Bonchev–Trinajstić information content (AvgIpc) is 1.67. The number of amides is 5. The Bertz CT molecular complexity index is 2770. The predicted molar refractivity (Wildman–Crippen MR) is 513 cm³/mol. The van der Waals surface area contributed by atoms with Crippen LogP contribution in [-0.2, 0) is 204 Å². The SMILES string of the molecule is CC1CC(=O)N([C@@H](CN)C(=O)N[C@@H](CSC2CC(=O)N(CCN)C2=O)C(=O)CCCOCCOCCOCCOCCOCCOCCOCCOCCOCCOCCOCCOCCOCCOCCOCCOCCOCCOCCOCCOCCOCCOCCOCCOCCOCCOCCOCCOCCOCCOCCOCCOCCOCCOCCOCCOCCC(=O)O)C1=O. The van der Waals surface area contributed by atoms with Crippen LogP contribution in [0.1, 0.15) is 39.0 Å². The number of likely N-dealkylation sites (tertiary alicyclic amines) is 2. The van der Waals surface area contributed by atoms with Crippen molar-refractivity contribution in [2.45, 2.75) is 56.4 Å². The Morgan fingerprint density at radius 1 is 0.287 bits per heavy atom. The first-order valence-corrected chi connectivity index (χ1v) is 51.1. The highest BCUT2D eigenvalue weighted by Crippen LogP contribution is 2.27. The number of rotatable bonds is 122. The average molecular weight is 2100 g/mol. The predicted octanol–water partition coefficient (Wildman–Crippen LogP) is -1.57. The summed E-state index contributed by atoms with van der Waals surface area (Å²) in [6, 6.07) is -2.40. The number of ketones is 1. The maximum Gasteiger partial charge on any atom is 0.305 e. The van der Waals surface area contributed by atoms with Gasteiger partial charge in [-0.2, -0.15) is 0 Å². The number of carbonyl (C=O) groups is 7. The molecule has 0 radical (unpaired) electrons. The Morgan fingerprint density at radius 3 is 0.657 bits per heavy atom. The molecule has 6 N–H and O–H groups in total. The standard InChI is InChI=1S/C93H175N5O44S/c1-83-79-89(101)98(92(83)105)85(81-95)91(104)96-84(82-143-87-80-88(100)97(6-5-94)93(87)106)86(99)3-2-7-107-9-11-109-13-15-111-17-19-113-21-23-115-25-27-117-29-31-119-33-35-121-37-39-123-41-43-125-45-47-127-49-51-129-53-55-131-57-59-133-61-63-135-65-67-137-69-71-139-73-75-141-77-78-142-76-74-140-72-70-138-68-66-136-64-62-134-60-58-132-56-54-130-52-50-128-48-46-126-44-42-124-40-38-122-36-34-120-32-30-118-28-26-116-24-22-114-20-18-112-16-14-110-12-10-108-8-4-90(102)103/h83-85,87H,2-82,94-95H2,1H3,(H,96,104)(H,102,103)/t83?,84-,85-,87?/m0/s1. The summed E-state index contributed by atoms with van der Waals surface area (Å²) in [6.45, 7) is 33.1. The van der Waals surface area contributed by atoms with Crippen LogP contribution in [0.3, 0.4) is 0 Å². The number of carbonyl (C=O) groups excluding carboxylic acids is 6. The van der Waals surface area contributed by atoms with Gasteiger partial charge in [-0.3, -0.25) is 43.4 Å². The third kappa shape index (κ3) is 90.2. The maximum atomic E-state index is 13.5. The second-order valence-electron chi connectivity index (χ2n) is 30.5. The van der Waals surface area contributed by atoms with Gasteiger partial charge in [0.2, 0.25) is 29.5 Å². The number of nitrogens with one attached hydrogen (secondary N) is 1. The molecule has 2 saturated heterocycles. The van der Waals surface area contributed by atoms with Crippen LogP contribution in [0.25, 0.3) is 0 Å². The van der Waals surface area contributed by atoms with Crippen LogP contribution in [-0.4, -0.2) is 575 Å². The lowest BCUT2D eigenvalue weighted by Crippen LogP contribution is -2.56. The van der Waals surface area contributed by atoms with Crippen LogP contribution in [0.5, 0.6) is 0 Å². The largest absolute Gasteiger partial charge is 0.481 e. The third-order valence-electron chi connectivity index (χ3n) is 19.2. The van der Waals surface area contributed by atoms with Crippen molar-refractivity contribution >= 4 is 53.1 Å². The lowest BCUT2D eigenvalue weighted by molar-refractivity contribution is -0.147. The number of Topliss-reactive ketones (excluding diaryl/α,β-unsaturated/α-hetero) is 1. The highest BCUT2D eigenvalue weighted by molar-refractivity contribution is 8.00. The van der Waals surface area contributed by atoms with E-state index in [0.717, 1.165) is 21.6 Å². The fourth-order valence-corrected chi connectivity index (χ4v) is 13.0. The molecule has 143 heavy (non-hydrogen) atoms. The van der Waals surface area contributed by atoms with Gasteiger partial charge in [0.05, 0.1) is 487 Å². The van der Waals surface area contributed by atoms with E-state index in [1.54, 1.807) is 6.92 Å². The molecule has 5 amide bonds. The smallest absolute Gasteiger partial charge is 0.305 e. The summed E-state index contributed by atoms with van der Waals surface area (Å²) in [4.78, 5) is 89.7. The number of nitrogens with zero attached hydrogens (tertiary/aromatic N) is 2. The summed E-state index contributed by atoms with van der Waals surface area (Å²) < 4.78 is 199. The molecule has 2 rings (SSSR count). The van der Waals surface area contributed by atoms with Gasteiger partial charge in [-0.15, -0.1) is 11.8 Å². The van der Waals surface area contributed by atoms with Gasteiger partial charge in [-0.05, 0) is 6.42 Å². The van der Waals surface area contributed by atoms with Gasteiger partial charge < -0.3 is 192 Å². The first-order chi connectivity index (χ1) is 70.5. The zero-order valence-electron chi connectivity index (χ0n) is 85.0. The van der Waals surface area contributed by atoms with Gasteiger partial charge in [-0.1, -0.05) is 6.92 Å². The molecule has 0 aromatic rings. The molecule has 4 atom stereocenters. The Balaban J connectivity index is 1.13. The topological polar surface area (TPSA) is 543 Å². The van der Waals surface area contributed by atoms with Crippen molar-refractivity contribution in [2.75, 3.05) is 501 Å². The molecule has 0 bridgehead atoms. The number of imide groups is 2. The highest BCUT2D eigenvalue weighted by Gasteiger charge is 2.44. The zero-order chi connectivity index (χ0) is 103. The molecule has 0 saturated carbocycles. The van der Waals surface area contributed by atoms with Crippen molar-refractivity contribution in [2.24, 2.45) is 17.4 Å². The normalized spacial score (nSPS) is 14.5. The van der Waals surface area contributed by atoms with Gasteiger partial charge in [0, 0.05) is 57.2 Å². The lowest BCUT2D eigenvalue weighted by Gasteiger charge is -2.27. The Hall–Kier alpha value is -4.28. The quantitative estimate of drug-likeness (QED) is 0.0395. The fourth-order valence-electron chi connectivity index (χ4n) is 11.8. The first kappa shape index (κ1) is 135. The van der Waals surface area contributed by atoms with E-state index in [2.05, 4.69) is 5.32 Å². The maximum absolute atomic E-state index is 13.5. The van der Waals surface area contributed by atoms with E-state index in [4.69, 9.17) is 187 Å². The van der Waals surface area contributed by atoms with Crippen molar-refractivity contribution in [1.82, 2.24) is 15.1 Å². The summed E-state index contributed by atoms with van der Waals surface area (Å²) in [6.07, 6.45) is 0.220. The molecule has 50 heteroatoms. The minimum Gasteiger partial charge on any atom is -0.481 e. The summed E-state index contributed by atoms with van der Waals surface area (Å²) in [5, 5.41) is 10.4. The molecule has 2 aliphatic rings. The van der Waals surface area contributed by atoms with Crippen LogP contribution >= 0.6 is 11.8 Å². The number of nitrogens with two attached hydrogens (primary N) is 2. The van der Waals surface area contributed by atoms with E-state index in [1.165, 1.54) is 0 Å². The molecule has 0 aromatic heterocycles. The summed E-state index contributed by atoms with van der Waals surface area (Å²) in [5.74, 6) is -4.44. The van der Waals surface area contributed by atoms with E-state index in [-0.39, 0.29) is 82.6 Å². The number of carboxylic acid groups (broad SMARTS) is 1. The number of thioether (sulfide) groups is 1. The monoisotopic (exact) mass is 2100 g/mol. The zero-order valence-corrected chi connectivity index (χ0v) is 85.9. The molecular weight excluding hydrogens is 1920 g/mol. The van der Waals surface area contributed by atoms with Crippen LogP contribution < -0.4 is 16.8 Å². The summed E-state index contributed by atoms with van der Waals surface area (Å²) in [7, 11) is 0. The minimum absolute atomic E-state index is 0.0152. The summed E-state index contributed by atoms with van der Waals surface area (Å²) in [5.41, 5.74) is 11.4. The molecule has 2 aliphatic heterocycles. The first-order valence-electron chi connectivity index (χ1n) is 50.1. The van der Waals surface area contributed by atoms with Crippen molar-refractivity contribution in [1.29, 1.82) is 0 Å². The number of hydrogen-bond acceptors (Lipinski definition) is 46. The van der Waals surface area contributed by atoms with Crippen molar-refractivity contribution in [3.63, 3.8) is 0 Å². The number of carboxylic acids is 1. The molecule has 842 valence electrons. The number of hydrogen-bond donors (Lipinski definition) is 4. The number of ether oxygens (including phenoxy) is 36. The molecule has 0 aliphatic carbocycles. The van der Waals surface area contributed by atoms with Gasteiger partial charge >= 0.3 is 5.97 Å². The Kier molecular flexibility index (Phi) is 103. The molecule has 0 spiro atoms. The van der Waals surface area contributed by atoms with Gasteiger partial charge in [-0.25, -0.2) is 0 Å². The van der Waals surface area contributed by atoms with Crippen molar-refractivity contribution < 1.29 is 209 Å². The van der Waals surface area contributed by atoms with Crippen LogP contribution in [0, 0.1) is 5.92 Å². The molecule has 2 fully saturated rings. The Morgan fingerprint density at radius 2 is 0.483 bits per heavy atom. The number of aliphatic carboxylic acids is 1. The highest BCUT2D eigenvalue weighted by atomic mass is 32.2. The molecule has 0 aromatic carbocycles. The van der Waals surface area contributed by atoms with E-state index in [9.17, 15) is 33.6 Å². The van der Waals surface area contributed by atoms with Crippen LogP contribution in [0.15, 0.2) is 0 Å². The molecule has 49 nitrogen and oxygen atoms in total. The van der Waals surface area contributed by atoms with E-state index in [1.807, 2.05) is 0 Å². The Labute approximate surface area is 848 Å². The molecule has 2 heterocycles. The van der Waals surface area contributed by atoms with Gasteiger partial charge in [0.1, 0.15) is 6.04 Å². The summed E-state index contributed by atoms with van der Waals surface area (Å²) >= 11 is 1.07. The second-order valence-corrected chi connectivity index (χ2v) is 31.7. The van der Waals surface area contributed by atoms with Gasteiger partial charge in [0.25, 0.3) is 0 Å². The fraction of sp³-hybridized carbons (Fsp3) is 0.925. The van der Waals surface area contributed by atoms with E-state index in [0.29, 0.717) is 462 Å². The van der Waals surface area contributed by atoms with Crippen LogP contribution in [0.4, 0.5) is 0 Å². The van der Waals surface area contributed by atoms with Crippen LogP contribution in [0.2, 0.25) is 0 Å². The van der Waals surface area contributed by atoms with E-state index < -0.39 is 52.8 Å². The molecular formula is C93H175N5O44S. The van der Waals surface area contributed by atoms with Crippen molar-refractivity contribution in [3.8, 4) is 0 Å². The lowest BCUT2D eigenvalue weighted by atomic mass is 10.1. The van der Waals surface area contributed by atoms with E-state index >= 15 is 0 Å². The second kappa shape index (κ2) is 109. The van der Waals surface area contributed by atoms with Crippen molar-refractivity contribution in [3.05, 3.63) is 0 Å². The molecule has 2 unspecified atom stereocenters. The van der Waals surface area contributed by atoms with Gasteiger partial charge in [0.15, 0.2) is 5.78 Å². The minimum atomic E-state index is -1.30.